The highest BCUT2D eigenvalue weighted by Gasteiger charge is 2.16. The maximum Gasteiger partial charge on any atom is 0.314 e. The molecule has 2 N–H and O–H groups in total. The van der Waals surface area contributed by atoms with Gasteiger partial charge >= 0.3 is 11.8 Å². The number of ether oxygens (including phenoxy) is 1. The van der Waals surface area contributed by atoms with E-state index in [-0.39, 0.29) is 0 Å². The van der Waals surface area contributed by atoms with E-state index < -0.39 is 11.8 Å². The van der Waals surface area contributed by atoms with Gasteiger partial charge in [-0.2, -0.15) is 0 Å². The first-order chi connectivity index (χ1) is 11.0. The average molecular weight is 330 g/mol. The minimum absolute atomic E-state index is 0.463. The van der Waals surface area contributed by atoms with Gasteiger partial charge in [0.1, 0.15) is 5.75 Å². The van der Waals surface area contributed by atoms with E-state index in [0.717, 1.165) is 10.5 Å². The first kappa shape index (κ1) is 16.9. The predicted molar refractivity (Wildman–Crippen MR) is 93.2 cm³/mol. The Bertz CT molecular complexity index is 732. The van der Waals surface area contributed by atoms with Gasteiger partial charge in [0.15, 0.2) is 0 Å². The molecule has 0 fully saturated rings. The molecule has 2 aromatic rings. The Morgan fingerprint density at radius 2 is 1.78 bits per heavy atom. The van der Waals surface area contributed by atoms with E-state index in [2.05, 4.69) is 10.6 Å². The van der Waals surface area contributed by atoms with Crippen molar-refractivity contribution in [2.45, 2.75) is 11.8 Å². The smallest absolute Gasteiger partial charge is 0.314 e. The second kappa shape index (κ2) is 7.69. The van der Waals surface area contributed by atoms with Crippen molar-refractivity contribution in [2.24, 2.45) is 0 Å². The normalized spacial score (nSPS) is 10.0. The second-order valence-electron chi connectivity index (χ2n) is 4.84. The van der Waals surface area contributed by atoms with Crippen molar-refractivity contribution in [3.05, 3.63) is 48.0 Å². The predicted octanol–water partition coefficient (Wildman–Crippen LogP) is 3.30. The number of hydrogen-bond donors (Lipinski definition) is 2. The minimum Gasteiger partial charge on any atom is -0.495 e. The summed E-state index contributed by atoms with van der Waals surface area (Å²) >= 11 is 1.56. The molecule has 0 aliphatic heterocycles. The van der Waals surface area contributed by atoms with Crippen molar-refractivity contribution in [2.75, 3.05) is 24.0 Å². The van der Waals surface area contributed by atoms with Crippen LogP contribution in [0.15, 0.2) is 47.4 Å². The zero-order valence-corrected chi connectivity index (χ0v) is 14.0. The highest BCUT2D eigenvalue weighted by Crippen LogP contribution is 2.25. The number of carbonyl (C=O) groups excluding carboxylic acids is 2. The number of benzene rings is 2. The average Bonchev–Trinajstić information content (AvgIpc) is 2.55. The Kier molecular flexibility index (Phi) is 5.65. The van der Waals surface area contributed by atoms with E-state index in [9.17, 15) is 9.59 Å². The van der Waals surface area contributed by atoms with Crippen LogP contribution >= 0.6 is 11.8 Å². The van der Waals surface area contributed by atoms with Gasteiger partial charge < -0.3 is 15.4 Å². The quantitative estimate of drug-likeness (QED) is 0.667. The summed E-state index contributed by atoms with van der Waals surface area (Å²) in [5.41, 5.74) is 1.99. The summed E-state index contributed by atoms with van der Waals surface area (Å²) in [7, 11) is 1.51. The third-order valence-corrected chi connectivity index (χ3v) is 3.86. The fourth-order valence-electron chi connectivity index (χ4n) is 1.99. The van der Waals surface area contributed by atoms with E-state index in [0.29, 0.717) is 17.1 Å². The molecule has 0 bridgehead atoms. The number of aryl methyl sites for hydroxylation is 1. The topological polar surface area (TPSA) is 67.4 Å². The molecule has 0 unspecified atom stereocenters. The van der Waals surface area contributed by atoms with Crippen LogP contribution < -0.4 is 15.4 Å². The van der Waals surface area contributed by atoms with Gasteiger partial charge in [0.25, 0.3) is 0 Å². The van der Waals surface area contributed by atoms with Gasteiger partial charge in [-0.3, -0.25) is 9.59 Å². The zero-order chi connectivity index (χ0) is 16.8. The standard InChI is InChI=1S/C17H18N2O3S/c1-11-7-8-15(22-2)14(9-11)19-17(21)16(20)18-12-5-4-6-13(10-12)23-3/h4-10H,1-3H3,(H,18,20)(H,19,21). The Balaban J connectivity index is 2.08. The molecule has 5 nitrogen and oxygen atoms in total. The lowest BCUT2D eigenvalue weighted by Crippen LogP contribution is -2.29. The molecule has 0 saturated heterocycles. The number of thioether (sulfide) groups is 1. The van der Waals surface area contributed by atoms with Crippen LogP contribution in [0.5, 0.6) is 5.75 Å². The van der Waals surface area contributed by atoms with Crippen LogP contribution in [0.4, 0.5) is 11.4 Å². The van der Waals surface area contributed by atoms with Gasteiger partial charge in [-0.25, -0.2) is 0 Å². The Morgan fingerprint density at radius 1 is 1.04 bits per heavy atom. The lowest BCUT2D eigenvalue weighted by atomic mass is 10.2. The van der Waals surface area contributed by atoms with Gasteiger partial charge in [-0.1, -0.05) is 12.1 Å². The van der Waals surface area contributed by atoms with Crippen LogP contribution in [0.2, 0.25) is 0 Å². The van der Waals surface area contributed by atoms with Crippen LogP contribution in [0.25, 0.3) is 0 Å². The molecule has 0 atom stereocenters. The van der Waals surface area contributed by atoms with Crippen molar-refractivity contribution in [3.63, 3.8) is 0 Å². The lowest BCUT2D eigenvalue weighted by molar-refractivity contribution is -0.133. The molecule has 0 aliphatic rings. The van der Waals surface area contributed by atoms with E-state index in [1.807, 2.05) is 37.4 Å². The summed E-state index contributed by atoms with van der Waals surface area (Å²) in [6.45, 7) is 1.89. The van der Waals surface area contributed by atoms with Crippen LogP contribution in [0, 0.1) is 6.92 Å². The zero-order valence-electron chi connectivity index (χ0n) is 13.2. The summed E-state index contributed by atoms with van der Waals surface area (Å²) in [5.74, 6) is -0.976. The third kappa shape index (κ3) is 4.50. The SMILES string of the molecule is COc1ccc(C)cc1NC(=O)C(=O)Nc1cccc(SC)c1. The van der Waals surface area contributed by atoms with E-state index in [1.54, 1.807) is 30.0 Å². The summed E-state index contributed by atoms with van der Waals surface area (Å²) in [5, 5.41) is 5.15. The van der Waals surface area contributed by atoms with Gasteiger partial charge in [-0.15, -0.1) is 11.8 Å². The number of carbonyl (C=O) groups is 2. The highest BCUT2D eigenvalue weighted by molar-refractivity contribution is 7.98. The fraction of sp³-hybridized carbons (Fsp3) is 0.176. The van der Waals surface area contributed by atoms with Crippen molar-refractivity contribution in [1.82, 2.24) is 0 Å². The molecule has 2 amide bonds. The van der Waals surface area contributed by atoms with Gasteiger partial charge in [0.05, 0.1) is 12.8 Å². The molecule has 2 rings (SSSR count). The second-order valence-corrected chi connectivity index (χ2v) is 5.72. The maximum atomic E-state index is 12.1. The minimum atomic E-state index is -0.747. The number of amides is 2. The third-order valence-electron chi connectivity index (χ3n) is 3.14. The summed E-state index contributed by atoms with van der Waals surface area (Å²) < 4.78 is 5.18. The Morgan fingerprint density at radius 3 is 2.48 bits per heavy atom. The molecule has 0 aliphatic carbocycles. The monoisotopic (exact) mass is 330 g/mol. The van der Waals surface area contributed by atoms with E-state index >= 15 is 0 Å². The fourth-order valence-corrected chi connectivity index (χ4v) is 2.45. The van der Waals surface area contributed by atoms with Crippen LogP contribution in [-0.2, 0) is 9.59 Å². The number of anilines is 2. The number of rotatable bonds is 4. The van der Waals surface area contributed by atoms with Gasteiger partial charge in [-0.05, 0) is 49.1 Å². The molecule has 2 aromatic carbocycles. The molecule has 23 heavy (non-hydrogen) atoms. The van der Waals surface area contributed by atoms with Crippen molar-refractivity contribution in [3.8, 4) is 5.75 Å². The van der Waals surface area contributed by atoms with Gasteiger partial charge in [0, 0.05) is 10.6 Å². The van der Waals surface area contributed by atoms with Crippen molar-refractivity contribution in [1.29, 1.82) is 0 Å². The van der Waals surface area contributed by atoms with Crippen LogP contribution in [-0.4, -0.2) is 25.2 Å². The molecule has 120 valence electrons. The summed E-state index contributed by atoms with van der Waals surface area (Å²) in [6, 6.07) is 12.6. The first-order valence-corrected chi connectivity index (χ1v) is 8.17. The van der Waals surface area contributed by atoms with E-state index in [1.165, 1.54) is 7.11 Å². The number of methoxy groups -OCH3 is 1. The molecule has 0 heterocycles. The van der Waals surface area contributed by atoms with Crippen LogP contribution in [0.1, 0.15) is 5.56 Å². The summed E-state index contributed by atoms with van der Waals surface area (Å²) in [4.78, 5) is 25.1. The maximum absolute atomic E-state index is 12.1. The molecule has 0 spiro atoms. The number of hydrogen-bond acceptors (Lipinski definition) is 4. The largest absolute Gasteiger partial charge is 0.495 e. The van der Waals surface area contributed by atoms with E-state index in [4.69, 9.17) is 4.74 Å². The number of nitrogens with one attached hydrogen (secondary N) is 2. The van der Waals surface area contributed by atoms with Gasteiger partial charge in [0.2, 0.25) is 0 Å². The first-order valence-electron chi connectivity index (χ1n) is 6.94. The molecule has 0 aromatic heterocycles. The Hall–Kier alpha value is -2.47. The van der Waals surface area contributed by atoms with Crippen molar-refractivity contribution >= 4 is 35.0 Å². The summed E-state index contributed by atoms with van der Waals surface area (Å²) in [6.07, 6.45) is 1.94. The molecule has 0 radical (unpaired) electrons. The molecular formula is C17H18N2O3S. The molecule has 6 heteroatoms. The highest BCUT2D eigenvalue weighted by atomic mass is 32.2. The van der Waals surface area contributed by atoms with Crippen molar-refractivity contribution < 1.29 is 14.3 Å². The Labute approximate surface area is 139 Å². The molecular weight excluding hydrogens is 312 g/mol. The molecule has 0 saturated carbocycles. The van der Waals surface area contributed by atoms with Crippen LogP contribution in [0.3, 0.4) is 0 Å². The lowest BCUT2D eigenvalue weighted by Gasteiger charge is -2.11.